The molecule has 0 saturated heterocycles. The van der Waals surface area contributed by atoms with Crippen molar-refractivity contribution in [3.8, 4) is 5.75 Å². The Hall–Kier alpha value is -2.55. The highest BCUT2D eigenvalue weighted by Crippen LogP contribution is 2.31. The number of fused-ring (bicyclic) bond motifs is 1. The van der Waals surface area contributed by atoms with E-state index in [2.05, 4.69) is 37.8 Å². The number of carbonyl (C=O) groups is 1. The molecule has 0 fully saturated rings. The number of allylic oxidation sites excluding steroid dienone is 1. The minimum atomic E-state index is -0.510. The zero-order valence-corrected chi connectivity index (χ0v) is 19.1. The molecule has 0 aliphatic carbocycles. The number of benzene rings is 2. The first-order chi connectivity index (χ1) is 14.9. The van der Waals surface area contributed by atoms with Gasteiger partial charge >= 0.3 is 0 Å². The van der Waals surface area contributed by atoms with Gasteiger partial charge in [-0.3, -0.25) is 4.79 Å². The van der Waals surface area contributed by atoms with Crippen LogP contribution in [0.1, 0.15) is 12.5 Å². The summed E-state index contributed by atoms with van der Waals surface area (Å²) in [5.74, 6) is 0.332. The van der Waals surface area contributed by atoms with Gasteiger partial charge in [-0.25, -0.2) is 14.4 Å². The minimum absolute atomic E-state index is 0.00420. The lowest BCUT2D eigenvalue weighted by Crippen LogP contribution is -2.10. The number of carbonyl (C=O) groups excluding carboxylic acids is 1. The summed E-state index contributed by atoms with van der Waals surface area (Å²) in [4.78, 5) is 20.9. The molecular weight excluding hydrogens is 489 g/mol. The number of anilines is 2. The van der Waals surface area contributed by atoms with Gasteiger partial charge in [0, 0.05) is 35.7 Å². The van der Waals surface area contributed by atoms with E-state index < -0.39 is 5.82 Å². The first-order valence-corrected chi connectivity index (χ1v) is 10.6. The van der Waals surface area contributed by atoms with Gasteiger partial charge in [0.15, 0.2) is 5.78 Å². The first kappa shape index (κ1) is 23.1. The lowest BCUT2D eigenvalue weighted by Gasteiger charge is -2.14. The van der Waals surface area contributed by atoms with Crippen molar-refractivity contribution < 1.29 is 18.7 Å². The zero-order valence-electron chi connectivity index (χ0n) is 16.8. The molecule has 0 amide bonds. The highest BCUT2D eigenvalue weighted by Gasteiger charge is 2.15. The maximum absolute atomic E-state index is 13.5. The third-order valence-corrected chi connectivity index (χ3v) is 5.07. The molecule has 0 aliphatic heterocycles. The first-order valence-electron chi connectivity index (χ1n) is 9.47. The third-order valence-electron chi connectivity index (χ3n) is 4.34. The maximum atomic E-state index is 13.5. The third kappa shape index (κ3) is 6.00. The quantitative estimate of drug-likeness (QED) is 0.284. The summed E-state index contributed by atoms with van der Waals surface area (Å²) in [6.07, 6.45) is 1.49. The van der Waals surface area contributed by atoms with Gasteiger partial charge in [0.05, 0.1) is 21.6 Å². The Morgan fingerprint density at radius 3 is 2.77 bits per heavy atom. The van der Waals surface area contributed by atoms with E-state index in [0.29, 0.717) is 53.5 Å². The van der Waals surface area contributed by atoms with E-state index in [1.54, 1.807) is 18.2 Å². The lowest BCUT2D eigenvalue weighted by atomic mass is 10.0. The Morgan fingerprint density at radius 2 is 2.06 bits per heavy atom. The van der Waals surface area contributed by atoms with Crippen LogP contribution in [-0.4, -0.2) is 35.6 Å². The molecular formula is C22H20BrClFN3O3. The SMILES string of the molecule is C=C(Br)C(=O)Cc1cc2c(Nc3ccc(F)c(Cl)c3)ncnc2cc1OCCOCC. The number of rotatable bonds is 10. The molecule has 3 aromatic rings. The topological polar surface area (TPSA) is 73.3 Å². The number of Topliss-reactive ketones (excluding diaryl/α,β-unsaturated/α-hetero) is 1. The van der Waals surface area contributed by atoms with Crippen molar-refractivity contribution in [1.29, 1.82) is 0 Å². The number of aromatic nitrogens is 2. The normalized spacial score (nSPS) is 10.8. The van der Waals surface area contributed by atoms with Gasteiger partial charge in [0.25, 0.3) is 0 Å². The number of nitrogens with one attached hydrogen (secondary N) is 1. The molecule has 0 unspecified atom stereocenters. The van der Waals surface area contributed by atoms with Crippen LogP contribution in [0.25, 0.3) is 10.9 Å². The van der Waals surface area contributed by atoms with Crippen molar-refractivity contribution >= 4 is 55.7 Å². The van der Waals surface area contributed by atoms with Crippen molar-refractivity contribution in [2.24, 2.45) is 0 Å². The van der Waals surface area contributed by atoms with Crippen LogP contribution in [0.2, 0.25) is 5.02 Å². The summed E-state index contributed by atoms with van der Waals surface area (Å²) in [7, 11) is 0. The van der Waals surface area contributed by atoms with Crippen molar-refractivity contribution in [1.82, 2.24) is 9.97 Å². The maximum Gasteiger partial charge on any atom is 0.173 e. The second-order valence-electron chi connectivity index (χ2n) is 6.50. The second kappa shape index (κ2) is 10.7. The molecule has 9 heteroatoms. The average Bonchev–Trinajstić information content (AvgIpc) is 2.74. The van der Waals surface area contributed by atoms with E-state index in [0.717, 1.165) is 0 Å². The molecule has 6 nitrogen and oxygen atoms in total. The number of halogens is 3. The van der Waals surface area contributed by atoms with Gasteiger partial charge in [-0.1, -0.05) is 18.2 Å². The fourth-order valence-corrected chi connectivity index (χ4v) is 3.16. The summed E-state index contributed by atoms with van der Waals surface area (Å²) < 4.78 is 24.9. The molecule has 1 aromatic heterocycles. The predicted octanol–water partition coefficient (Wildman–Crippen LogP) is 5.60. The highest BCUT2D eigenvalue weighted by atomic mass is 79.9. The molecule has 0 bridgehead atoms. The summed E-state index contributed by atoms with van der Waals surface area (Å²) in [6.45, 7) is 6.90. The van der Waals surface area contributed by atoms with E-state index in [4.69, 9.17) is 21.1 Å². The van der Waals surface area contributed by atoms with Crippen molar-refractivity contribution in [3.63, 3.8) is 0 Å². The zero-order chi connectivity index (χ0) is 22.4. The van der Waals surface area contributed by atoms with Crippen LogP contribution in [0.3, 0.4) is 0 Å². The molecule has 2 aromatic carbocycles. The van der Waals surface area contributed by atoms with Gasteiger partial charge < -0.3 is 14.8 Å². The molecule has 1 heterocycles. The van der Waals surface area contributed by atoms with Gasteiger partial charge in [0.1, 0.15) is 30.3 Å². The molecule has 0 aliphatic rings. The lowest BCUT2D eigenvalue weighted by molar-refractivity contribution is -0.114. The second-order valence-corrected chi connectivity index (χ2v) is 7.87. The van der Waals surface area contributed by atoms with Gasteiger partial charge in [-0.15, -0.1) is 0 Å². The highest BCUT2D eigenvalue weighted by molar-refractivity contribution is 9.12. The Balaban J connectivity index is 1.99. The van der Waals surface area contributed by atoms with E-state index in [-0.39, 0.29) is 21.7 Å². The number of hydrogen-bond donors (Lipinski definition) is 1. The average molecular weight is 509 g/mol. The summed E-state index contributed by atoms with van der Waals surface area (Å²) >= 11 is 9.01. The monoisotopic (exact) mass is 507 g/mol. The Labute approximate surface area is 192 Å². The van der Waals surface area contributed by atoms with E-state index in [9.17, 15) is 9.18 Å². The molecule has 0 saturated carbocycles. The van der Waals surface area contributed by atoms with Crippen molar-refractivity contribution in [3.05, 3.63) is 64.1 Å². The smallest absolute Gasteiger partial charge is 0.173 e. The molecule has 31 heavy (non-hydrogen) atoms. The van der Waals surface area contributed by atoms with Crippen LogP contribution in [0, 0.1) is 5.82 Å². The minimum Gasteiger partial charge on any atom is -0.491 e. The van der Waals surface area contributed by atoms with Gasteiger partial charge in [0.2, 0.25) is 0 Å². The number of ketones is 1. The molecule has 0 spiro atoms. The summed E-state index contributed by atoms with van der Waals surface area (Å²) in [5.41, 5.74) is 1.84. The summed E-state index contributed by atoms with van der Waals surface area (Å²) in [6, 6.07) is 7.84. The largest absolute Gasteiger partial charge is 0.491 e. The standard InChI is InChI=1S/C22H20BrClFN3O3/c1-3-30-6-7-31-21-11-19-16(8-14(21)9-20(29)13(2)23)22(27-12-26-19)28-15-4-5-18(25)17(24)10-15/h4-5,8,10-12H,2-3,6-7,9H2,1H3,(H,26,27,28). The van der Waals surface area contributed by atoms with E-state index >= 15 is 0 Å². The molecule has 1 N–H and O–H groups in total. The molecule has 162 valence electrons. The predicted molar refractivity (Wildman–Crippen MR) is 123 cm³/mol. The van der Waals surface area contributed by atoms with Gasteiger partial charge in [-0.05, 0) is 47.1 Å². The van der Waals surface area contributed by atoms with Gasteiger partial charge in [-0.2, -0.15) is 0 Å². The Morgan fingerprint density at radius 1 is 1.26 bits per heavy atom. The van der Waals surface area contributed by atoms with Crippen molar-refractivity contribution in [2.45, 2.75) is 13.3 Å². The number of hydrogen-bond acceptors (Lipinski definition) is 6. The fourth-order valence-electron chi connectivity index (χ4n) is 2.84. The fraction of sp³-hybridized carbons (Fsp3) is 0.227. The van der Waals surface area contributed by atoms with Crippen LogP contribution in [-0.2, 0) is 16.0 Å². The molecule has 3 rings (SSSR count). The Bertz CT molecular complexity index is 1130. The number of nitrogens with zero attached hydrogens (tertiary/aromatic N) is 2. The van der Waals surface area contributed by atoms with Crippen molar-refractivity contribution in [2.75, 3.05) is 25.1 Å². The van der Waals surface area contributed by atoms with Crippen LogP contribution in [0.15, 0.2) is 47.7 Å². The summed E-state index contributed by atoms with van der Waals surface area (Å²) in [5, 5.41) is 3.79. The Kier molecular flexibility index (Phi) is 7.95. The van der Waals surface area contributed by atoms with Crippen LogP contribution < -0.4 is 10.1 Å². The van der Waals surface area contributed by atoms with Crippen LogP contribution >= 0.6 is 27.5 Å². The van der Waals surface area contributed by atoms with E-state index in [1.807, 2.05) is 6.92 Å². The molecule has 0 radical (unpaired) electrons. The van der Waals surface area contributed by atoms with Crippen LogP contribution in [0.5, 0.6) is 5.75 Å². The van der Waals surface area contributed by atoms with Crippen LogP contribution in [0.4, 0.5) is 15.9 Å². The van der Waals surface area contributed by atoms with E-state index in [1.165, 1.54) is 18.5 Å². The molecule has 0 atom stereocenters. The number of ether oxygens (including phenoxy) is 2.